The molecular formula is C14H19N3O5. The Bertz CT molecular complexity index is 559. The summed E-state index contributed by atoms with van der Waals surface area (Å²) >= 11 is 0. The SMILES string of the molecule is CC(C)CN(CC(=O)O)C(=O)CNc1ccccc1[N+](=O)[O-]. The molecule has 0 heterocycles. The van der Waals surface area contributed by atoms with E-state index in [1.165, 1.54) is 23.1 Å². The molecule has 120 valence electrons. The second-order valence-electron chi connectivity index (χ2n) is 5.19. The standard InChI is InChI=1S/C14H19N3O5/c1-10(2)8-16(9-14(19)20)13(18)7-15-11-5-3-4-6-12(11)17(21)22/h3-6,10,15H,7-9H2,1-2H3,(H,19,20). The number of anilines is 1. The molecule has 2 N–H and O–H groups in total. The van der Waals surface area contributed by atoms with Crippen LogP contribution in [-0.2, 0) is 9.59 Å². The van der Waals surface area contributed by atoms with E-state index in [-0.39, 0.29) is 23.8 Å². The molecule has 0 unspecified atom stereocenters. The summed E-state index contributed by atoms with van der Waals surface area (Å²) in [6.45, 7) is 3.46. The third-order valence-corrected chi connectivity index (χ3v) is 2.80. The molecule has 0 atom stereocenters. The molecule has 1 aromatic rings. The molecule has 0 saturated heterocycles. The zero-order valence-corrected chi connectivity index (χ0v) is 12.5. The van der Waals surface area contributed by atoms with E-state index >= 15 is 0 Å². The Morgan fingerprint density at radius 1 is 1.36 bits per heavy atom. The van der Waals surface area contributed by atoms with Gasteiger partial charge in [-0.05, 0) is 12.0 Å². The van der Waals surface area contributed by atoms with Gasteiger partial charge in [0.25, 0.3) is 5.69 Å². The third-order valence-electron chi connectivity index (χ3n) is 2.80. The van der Waals surface area contributed by atoms with Gasteiger partial charge in [0.1, 0.15) is 12.2 Å². The number of carboxylic acid groups (broad SMARTS) is 1. The Hall–Kier alpha value is -2.64. The Labute approximate surface area is 127 Å². The summed E-state index contributed by atoms with van der Waals surface area (Å²) in [6.07, 6.45) is 0. The number of amides is 1. The summed E-state index contributed by atoms with van der Waals surface area (Å²) in [5.74, 6) is -1.40. The Balaban J connectivity index is 2.74. The van der Waals surface area contributed by atoms with E-state index in [1.54, 1.807) is 6.07 Å². The number of benzene rings is 1. The number of rotatable bonds is 8. The lowest BCUT2D eigenvalue weighted by Gasteiger charge is -2.23. The van der Waals surface area contributed by atoms with Crippen LogP contribution in [-0.4, -0.2) is 46.4 Å². The van der Waals surface area contributed by atoms with Crippen LogP contribution in [0.2, 0.25) is 0 Å². The summed E-state index contributed by atoms with van der Waals surface area (Å²) in [5.41, 5.74) is 0.0876. The number of carbonyl (C=O) groups excluding carboxylic acids is 1. The molecule has 8 nitrogen and oxygen atoms in total. The maximum absolute atomic E-state index is 12.1. The molecule has 1 rings (SSSR count). The molecule has 22 heavy (non-hydrogen) atoms. The molecule has 0 spiro atoms. The number of hydrogen-bond donors (Lipinski definition) is 2. The van der Waals surface area contributed by atoms with Gasteiger partial charge in [0, 0.05) is 12.6 Å². The Morgan fingerprint density at radius 2 is 2.00 bits per heavy atom. The van der Waals surface area contributed by atoms with E-state index in [9.17, 15) is 19.7 Å². The first-order valence-corrected chi connectivity index (χ1v) is 6.78. The molecule has 0 fully saturated rings. The zero-order valence-electron chi connectivity index (χ0n) is 12.5. The lowest BCUT2D eigenvalue weighted by molar-refractivity contribution is -0.383. The predicted octanol–water partition coefficient (Wildman–Crippen LogP) is 1.58. The summed E-state index contributed by atoms with van der Waals surface area (Å²) in [6, 6.07) is 5.97. The van der Waals surface area contributed by atoms with Crippen molar-refractivity contribution in [2.24, 2.45) is 5.92 Å². The maximum atomic E-state index is 12.1. The molecule has 1 aromatic carbocycles. The number of aliphatic carboxylic acids is 1. The first-order valence-electron chi connectivity index (χ1n) is 6.78. The average Bonchev–Trinajstić information content (AvgIpc) is 2.43. The van der Waals surface area contributed by atoms with Crippen LogP contribution in [0.3, 0.4) is 0 Å². The molecule has 0 aliphatic rings. The van der Waals surface area contributed by atoms with Crippen LogP contribution in [0.4, 0.5) is 11.4 Å². The average molecular weight is 309 g/mol. The van der Waals surface area contributed by atoms with Gasteiger partial charge in [0.2, 0.25) is 5.91 Å². The number of nitrogens with one attached hydrogen (secondary N) is 1. The molecule has 0 radical (unpaired) electrons. The molecule has 8 heteroatoms. The third kappa shape index (κ3) is 5.39. The van der Waals surface area contributed by atoms with Gasteiger partial charge >= 0.3 is 5.97 Å². The lowest BCUT2D eigenvalue weighted by Crippen LogP contribution is -2.41. The van der Waals surface area contributed by atoms with Crippen molar-refractivity contribution in [3.63, 3.8) is 0 Å². The normalized spacial score (nSPS) is 10.3. The minimum absolute atomic E-state index is 0.120. The van der Waals surface area contributed by atoms with E-state index in [2.05, 4.69) is 5.32 Å². The van der Waals surface area contributed by atoms with E-state index < -0.39 is 23.3 Å². The maximum Gasteiger partial charge on any atom is 0.323 e. The first-order chi connectivity index (χ1) is 10.3. The van der Waals surface area contributed by atoms with Gasteiger partial charge in [-0.1, -0.05) is 26.0 Å². The fourth-order valence-electron chi connectivity index (χ4n) is 1.92. The highest BCUT2D eigenvalue weighted by molar-refractivity contribution is 5.85. The Morgan fingerprint density at radius 3 is 2.55 bits per heavy atom. The smallest absolute Gasteiger partial charge is 0.323 e. The van der Waals surface area contributed by atoms with E-state index in [0.29, 0.717) is 6.54 Å². The van der Waals surface area contributed by atoms with Crippen molar-refractivity contribution in [3.8, 4) is 0 Å². The van der Waals surface area contributed by atoms with Crippen molar-refractivity contribution in [1.29, 1.82) is 0 Å². The molecular weight excluding hydrogens is 290 g/mol. The lowest BCUT2D eigenvalue weighted by atomic mass is 10.2. The number of para-hydroxylation sites is 2. The van der Waals surface area contributed by atoms with Crippen LogP contribution in [0.1, 0.15) is 13.8 Å². The fraction of sp³-hybridized carbons (Fsp3) is 0.429. The van der Waals surface area contributed by atoms with Crippen molar-refractivity contribution in [2.45, 2.75) is 13.8 Å². The second kappa shape index (κ2) is 7.96. The zero-order chi connectivity index (χ0) is 16.7. The number of nitro groups is 1. The monoisotopic (exact) mass is 309 g/mol. The molecule has 0 aliphatic heterocycles. The number of nitrogens with zero attached hydrogens (tertiary/aromatic N) is 2. The van der Waals surface area contributed by atoms with Gasteiger partial charge < -0.3 is 15.3 Å². The molecule has 0 aromatic heterocycles. The van der Waals surface area contributed by atoms with Crippen LogP contribution < -0.4 is 5.32 Å². The Kier molecular flexibility index (Phi) is 6.30. The van der Waals surface area contributed by atoms with Crippen molar-refractivity contribution >= 4 is 23.3 Å². The number of hydrogen-bond acceptors (Lipinski definition) is 5. The number of carbonyl (C=O) groups is 2. The van der Waals surface area contributed by atoms with Crippen molar-refractivity contribution in [2.75, 3.05) is 25.0 Å². The van der Waals surface area contributed by atoms with E-state index in [0.717, 1.165) is 0 Å². The van der Waals surface area contributed by atoms with Gasteiger partial charge in [-0.25, -0.2) is 0 Å². The number of nitro benzene ring substituents is 1. The quantitative estimate of drug-likeness (QED) is 0.557. The van der Waals surface area contributed by atoms with Crippen LogP contribution in [0.5, 0.6) is 0 Å². The second-order valence-corrected chi connectivity index (χ2v) is 5.19. The topological polar surface area (TPSA) is 113 Å². The highest BCUT2D eigenvalue weighted by atomic mass is 16.6. The van der Waals surface area contributed by atoms with Gasteiger partial charge in [0.05, 0.1) is 11.5 Å². The van der Waals surface area contributed by atoms with Crippen LogP contribution in [0.25, 0.3) is 0 Å². The minimum atomic E-state index is -1.10. The van der Waals surface area contributed by atoms with Crippen LogP contribution in [0.15, 0.2) is 24.3 Å². The first kappa shape index (κ1) is 17.4. The summed E-state index contributed by atoms with van der Waals surface area (Å²) in [4.78, 5) is 34.5. The van der Waals surface area contributed by atoms with Crippen molar-refractivity contribution in [1.82, 2.24) is 4.90 Å². The molecule has 0 bridgehead atoms. The summed E-state index contributed by atoms with van der Waals surface area (Å²) in [7, 11) is 0. The van der Waals surface area contributed by atoms with Crippen molar-refractivity contribution in [3.05, 3.63) is 34.4 Å². The molecule has 1 amide bonds. The van der Waals surface area contributed by atoms with Crippen molar-refractivity contribution < 1.29 is 19.6 Å². The highest BCUT2D eigenvalue weighted by Gasteiger charge is 2.19. The van der Waals surface area contributed by atoms with E-state index in [1.807, 2.05) is 13.8 Å². The highest BCUT2D eigenvalue weighted by Crippen LogP contribution is 2.22. The van der Waals surface area contributed by atoms with Gasteiger partial charge in [0.15, 0.2) is 0 Å². The largest absolute Gasteiger partial charge is 0.480 e. The van der Waals surface area contributed by atoms with E-state index in [4.69, 9.17) is 5.11 Å². The fourth-order valence-corrected chi connectivity index (χ4v) is 1.92. The summed E-state index contributed by atoms with van der Waals surface area (Å²) in [5, 5.41) is 22.4. The minimum Gasteiger partial charge on any atom is -0.480 e. The van der Waals surface area contributed by atoms with Gasteiger partial charge in [-0.2, -0.15) is 0 Å². The van der Waals surface area contributed by atoms with Gasteiger partial charge in [-0.15, -0.1) is 0 Å². The van der Waals surface area contributed by atoms with Crippen LogP contribution in [0, 0.1) is 16.0 Å². The van der Waals surface area contributed by atoms with Crippen LogP contribution >= 0.6 is 0 Å². The number of carboxylic acids is 1. The molecule has 0 aliphatic carbocycles. The predicted molar refractivity (Wildman–Crippen MR) is 80.6 cm³/mol. The molecule has 0 saturated carbocycles. The summed E-state index contributed by atoms with van der Waals surface area (Å²) < 4.78 is 0. The van der Waals surface area contributed by atoms with Gasteiger partial charge in [-0.3, -0.25) is 19.7 Å².